The second-order valence-electron chi connectivity index (χ2n) is 3.83. The van der Waals surface area contributed by atoms with Crippen molar-refractivity contribution in [2.75, 3.05) is 18.4 Å². The van der Waals surface area contributed by atoms with E-state index in [9.17, 15) is 4.79 Å². The number of nitrogens with zero attached hydrogens (tertiary/aromatic N) is 1. The summed E-state index contributed by atoms with van der Waals surface area (Å²) in [7, 11) is 0. The third kappa shape index (κ3) is 4.76. The number of nitriles is 1. The van der Waals surface area contributed by atoms with Crippen molar-refractivity contribution in [3.05, 3.63) is 28.2 Å². The molecule has 0 spiro atoms. The smallest absolute Gasteiger partial charge is 0.221 e. The number of anilines is 1. The monoisotopic (exact) mass is 309 g/mol. The van der Waals surface area contributed by atoms with Crippen molar-refractivity contribution in [1.29, 1.82) is 5.26 Å². The van der Waals surface area contributed by atoms with Crippen LogP contribution in [-0.2, 0) is 4.79 Å². The minimum absolute atomic E-state index is 0.0258. The van der Waals surface area contributed by atoms with Gasteiger partial charge in [-0.25, -0.2) is 0 Å². The highest BCUT2D eigenvalue weighted by Gasteiger charge is 2.04. The Bertz CT molecular complexity index is 454. The molecule has 2 N–H and O–H groups in total. The summed E-state index contributed by atoms with van der Waals surface area (Å²) in [6.07, 6.45) is 1.33. The zero-order chi connectivity index (χ0) is 13.4. The van der Waals surface area contributed by atoms with Gasteiger partial charge in [-0.3, -0.25) is 4.79 Å². The van der Waals surface area contributed by atoms with Gasteiger partial charge in [0.2, 0.25) is 5.91 Å². The van der Waals surface area contributed by atoms with Gasteiger partial charge >= 0.3 is 0 Å². The van der Waals surface area contributed by atoms with E-state index in [1.165, 1.54) is 0 Å². The van der Waals surface area contributed by atoms with Gasteiger partial charge in [-0.15, -0.1) is 0 Å². The van der Waals surface area contributed by atoms with Gasteiger partial charge in [0.1, 0.15) is 6.07 Å². The molecular formula is C13H16BrN3O. The van der Waals surface area contributed by atoms with Crippen molar-refractivity contribution in [2.45, 2.75) is 19.8 Å². The Labute approximate surface area is 116 Å². The third-order valence-corrected chi connectivity index (χ3v) is 2.83. The average Bonchev–Trinajstić information content (AvgIpc) is 2.36. The van der Waals surface area contributed by atoms with Crippen molar-refractivity contribution < 1.29 is 4.79 Å². The van der Waals surface area contributed by atoms with Crippen LogP contribution >= 0.6 is 15.9 Å². The number of hydrogen-bond acceptors (Lipinski definition) is 3. The SMILES string of the molecule is CCCNC(=O)CCNc1cc(Br)ccc1C#N. The van der Waals surface area contributed by atoms with Crippen LogP contribution in [0, 0.1) is 11.3 Å². The first kappa shape index (κ1) is 14.5. The molecule has 0 radical (unpaired) electrons. The number of hydrogen-bond donors (Lipinski definition) is 2. The molecule has 0 aromatic heterocycles. The van der Waals surface area contributed by atoms with Crippen molar-refractivity contribution in [2.24, 2.45) is 0 Å². The molecule has 0 fully saturated rings. The third-order valence-electron chi connectivity index (χ3n) is 2.34. The molecule has 0 aliphatic rings. The maximum absolute atomic E-state index is 11.4. The Kier molecular flexibility index (Phi) is 6.23. The molecule has 5 heteroatoms. The molecular weight excluding hydrogens is 294 g/mol. The fraction of sp³-hybridized carbons (Fsp3) is 0.385. The van der Waals surface area contributed by atoms with E-state index in [0.717, 1.165) is 16.6 Å². The summed E-state index contributed by atoms with van der Waals surface area (Å²) < 4.78 is 0.902. The second-order valence-corrected chi connectivity index (χ2v) is 4.74. The van der Waals surface area contributed by atoms with Crippen LogP contribution in [0.4, 0.5) is 5.69 Å². The van der Waals surface area contributed by atoms with Crippen LogP contribution in [-0.4, -0.2) is 19.0 Å². The van der Waals surface area contributed by atoms with Crippen LogP contribution in [0.15, 0.2) is 22.7 Å². The lowest BCUT2D eigenvalue weighted by Gasteiger charge is -2.08. The Morgan fingerprint density at radius 1 is 1.44 bits per heavy atom. The van der Waals surface area contributed by atoms with Crippen LogP contribution in [0.2, 0.25) is 0 Å². The van der Waals surface area contributed by atoms with Crippen molar-refractivity contribution in [3.8, 4) is 6.07 Å². The van der Waals surface area contributed by atoms with Gasteiger partial charge in [-0.05, 0) is 24.6 Å². The van der Waals surface area contributed by atoms with E-state index in [1.807, 2.05) is 19.1 Å². The molecule has 0 heterocycles. The van der Waals surface area contributed by atoms with E-state index >= 15 is 0 Å². The second kappa shape index (κ2) is 7.72. The molecule has 1 aromatic rings. The zero-order valence-electron chi connectivity index (χ0n) is 10.3. The van der Waals surface area contributed by atoms with Crippen LogP contribution in [0.3, 0.4) is 0 Å². The fourth-order valence-electron chi connectivity index (χ4n) is 1.42. The van der Waals surface area contributed by atoms with Gasteiger partial charge in [0, 0.05) is 24.0 Å². The predicted molar refractivity (Wildman–Crippen MR) is 75.3 cm³/mol. The molecule has 0 aliphatic heterocycles. The summed E-state index contributed by atoms with van der Waals surface area (Å²) in [6.45, 7) is 3.24. The summed E-state index contributed by atoms with van der Waals surface area (Å²) in [5.41, 5.74) is 1.32. The largest absolute Gasteiger partial charge is 0.383 e. The number of halogens is 1. The molecule has 0 saturated carbocycles. The number of nitrogens with one attached hydrogen (secondary N) is 2. The molecule has 1 amide bonds. The molecule has 0 bridgehead atoms. The molecule has 0 unspecified atom stereocenters. The minimum Gasteiger partial charge on any atom is -0.383 e. The quantitative estimate of drug-likeness (QED) is 0.849. The molecule has 0 saturated heterocycles. The Hall–Kier alpha value is -1.54. The van der Waals surface area contributed by atoms with Gasteiger partial charge < -0.3 is 10.6 Å². The minimum atomic E-state index is 0.0258. The van der Waals surface area contributed by atoms with Crippen molar-refractivity contribution in [1.82, 2.24) is 5.32 Å². The number of amides is 1. The van der Waals surface area contributed by atoms with Crippen LogP contribution in [0.5, 0.6) is 0 Å². The number of carbonyl (C=O) groups is 1. The molecule has 96 valence electrons. The lowest BCUT2D eigenvalue weighted by atomic mass is 10.2. The zero-order valence-corrected chi connectivity index (χ0v) is 11.9. The van der Waals surface area contributed by atoms with Crippen molar-refractivity contribution >= 4 is 27.5 Å². The van der Waals surface area contributed by atoms with Crippen LogP contribution in [0.1, 0.15) is 25.3 Å². The normalized spacial score (nSPS) is 9.61. The standard InChI is InChI=1S/C13H16BrN3O/c1-2-6-17-13(18)5-7-16-12-8-11(14)4-3-10(12)9-15/h3-4,8,16H,2,5-7H2,1H3,(H,17,18). The predicted octanol–water partition coefficient (Wildman–Crippen LogP) is 2.65. The Balaban J connectivity index is 2.46. The van der Waals surface area contributed by atoms with Crippen LogP contribution in [0.25, 0.3) is 0 Å². The highest BCUT2D eigenvalue weighted by atomic mass is 79.9. The van der Waals surface area contributed by atoms with E-state index < -0.39 is 0 Å². The first-order valence-corrected chi connectivity index (χ1v) is 6.67. The molecule has 4 nitrogen and oxygen atoms in total. The maximum Gasteiger partial charge on any atom is 0.221 e. The number of benzene rings is 1. The summed E-state index contributed by atoms with van der Waals surface area (Å²) in [5.74, 6) is 0.0258. The first-order valence-electron chi connectivity index (χ1n) is 5.87. The summed E-state index contributed by atoms with van der Waals surface area (Å²) >= 11 is 3.35. The molecule has 1 aromatic carbocycles. The van der Waals surface area contributed by atoms with Crippen molar-refractivity contribution in [3.63, 3.8) is 0 Å². The maximum atomic E-state index is 11.4. The fourth-order valence-corrected chi connectivity index (χ4v) is 1.78. The molecule has 0 atom stereocenters. The number of rotatable bonds is 6. The van der Waals surface area contributed by atoms with Gasteiger partial charge in [0.25, 0.3) is 0 Å². The highest BCUT2D eigenvalue weighted by molar-refractivity contribution is 9.10. The Morgan fingerprint density at radius 2 is 2.22 bits per heavy atom. The van der Waals surface area contributed by atoms with Crippen LogP contribution < -0.4 is 10.6 Å². The first-order chi connectivity index (χ1) is 8.67. The molecule has 0 aliphatic carbocycles. The lowest BCUT2D eigenvalue weighted by molar-refractivity contribution is -0.120. The summed E-state index contributed by atoms with van der Waals surface area (Å²) in [5, 5.41) is 14.9. The van der Waals surface area contributed by atoms with Gasteiger partial charge in [-0.1, -0.05) is 22.9 Å². The van der Waals surface area contributed by atoms with E-state index in [4.69, 9.17) is 5.26 Å². The number of carbonyl (C=O) groups excluding carboxylic acids is 1. The van der Waals surface area contributed by atoms with E-state index in [2.05, 4.69) is 32.6 Å². The average molecular weight is 310 g/mol. The molecule has 1 rings (SSSR count). The van der Waals surface area contributed by atoms with E-state index in [0.29, 0.717) is 25.1 Å². The van der Waals surface area contributed by atoms with E-state index in [-0.39, 0.29) is 5.91 Å². The van der Waals surface area contributed by atoms with Gasteiger partial charge in [0.15, 0.2) is 0 Å². The molecule has 18 heavy (non-hydrogen) atoms. The lowest BCUT2D eigenvalue weighted by Crippen LogP contribution is -2.25. The topological polar surface area (TPSA) is 64.9 Å². The van der Waals surface area contributed by atoms with Gasteiger partial charge in [-0.2, -0.15) is 5.26 Å². The highest BCUT2D eigenvalue weighted by Crippen LogP contribution is 2.20. The Morgan fingerprint density at radius 3 is 2.89 bits per heavy atom. The summed E-state index contributed by atoms with van der Waals surface area (Å²) in [6, 6.07) is 7.50. The van der Waals surface area contributed by atoms with Gasteiger partial charge in [0.05, 0.1) is 11.3 Å². The summed E-state index contributed by atoms with van der Waals surface area (Å²) in [4.78, 5) is 11.4. The van der Waals surface area contributed by atoms with E-state index in [1.54, 1.807) is 6.07 Å².